The van der Waals surface area contributed by atoms with Crippen LogP contribution in [0.3, 0.4) is 0 Å². The van der Waals surface area contributed by atoms with E-state index in [1.54, 1.807) is 19.3 Å². The third kappa shape index (κ3) is 3.83. The molecule has 1 aromatic heterocycles. The Kier molecular flexibility index (Phi) is 5.42. The number of rotatable bonds is 5. The molecule has 0 aliphatic rings. The number of halogens is 1. The maximum Gasteiger partial charge on any atom is 0.339 e. The molecule has 0 radical (unpaired) electrons. The first-order valence-electron chi connectivity index (χ1n) is 6.57. The van der Waals surface area contributed by atoms with E-state index in [4.69, 9.17) is 0 Å². The molecular weight excluding hydrogens is 402 g/mol. The molecule has 0 aliphatic heterocycles. The SMILES string of the molecule is COC(=O)c1cc(Br)ccc1S(=O)(=O)NNC(=O)c1cccn1C. The number of methoxy groups -OCH3 is 1. The van der Waals surface area contributed by atoms with Crippen LogP contribution in [0.1, 0.15) is 20.8 Å². The molecule has 0 aliphatic carbocycles. The van der Waals surface area contributed by atoms with Crippen molar-refractivity contribution in [3.8, 4) is 0 Å². The van der Waals surface area contributed by atoms with Crippen molar-refractivity contribution in [1.29, 1.82) is 0 Å². The summed E-state index contributed by atoms with van der Waals surface area (Å²) >= 11 is 3.16. The highest BCUT2D eigenvalue weighted by Gasteiger charge is 2.24. The van der Waals surface area contributed by atoms with Gasteiger partial charge in [0, 0.05) is 17.7 Å². The molecule has 0 unspecified atom stereocenters. The number of nitrogens with zero attached hydrogens (tertiary/aromatic N) is 1. The van der Waals surface area contributed by atoms with Crippen LogP contribution in [-0.4, -0.2) is 32.0 Å². The van der Waals surface area contributed by atoms with Gasteiger partial charge < -0.3 is 9.30 Å². The summed E-state index contributed by atoms with van der Waals surface area (Å²) < 4.78 is 31.4. The van der Waals surface area contributed by atoms with Gasteiger partial charge in [0.2, 0.25) is 0 Å². The van der Waals surface area contributed by atoms with Gasteiger partial charge in [0.05, 0.1) is 17.6 Å². The summed E-state index contributed by atoms with van der Waals surface area (Å²) in [6.07, 6.45) is 1.65. The zero-order valence-corrected chi connectivity index (χ0v) is 15.1. The van der Waals surface area contributed by atoms with Gasteiger partial charge in [-0.1, -0.05) is 15.9 Å². The quantitative estimate of drug-likeness (QED) is 0.563. The molecule has 1 heterocycles. The van der Waals surface area contributed by atoms with Crippen molar-refractivity contribution >= 4 is 37.8 Å². The number of benzene rings is 1. The Morgan fingerprint density at radius 1 is 1.25 bits per heavy atom. The second kappa shape index (κ2) is 7.16. The molecule has 10 heteroatoms. The van der Waals surface area contributed by atoms with E-state index >= 15 is 0 Å². The van der Waals surface area contributed by atoms with Crippen LogP contribution in [0.5, 0.6) is 0 Å². The molecule has 8 nitrogen and oxygen atoms in total. The Morgan fingerprint density at radius 3 is 2.54 bits per heavy atom. The Labute approximate surface area is 147 Å². The Morgan fingerprint density at radius 2 is 1.96 bits per heavy atom. The second-order valence-electron chi connectivity index (χ2n) is 4.70. The van der Waals surface area contributed by atoms with Gasteiger partial charge in [-0.05, 0) is 30.3 Å². The number of aromatic nitrogens is 1. The van der Waals surface area contributed by atoms with Gasteiger partial charge in [-0.2, -0.15) is 0 Å². The molecule has 1 amide bonds. The van der Waals surface area contributed by atoms with Crippen LogP contribution in [0.4, 0.5) is 0 Å². The highest BCUT2D eigenvalue weighted by atomic mass is 79.9. The van der Waals surface area contributed by atoms with Crippen molar-refractivity contribution in [1.82, 2.24) is 14.8 Å². The van der Waals surface area contributed by atoms with Crippen LogP contribution in [0.2, 0.25) is 0 Å². The number of carbonyl (C=O) groups excluding carboxylic acids is 2. The molecule has 0 spiro atoms. The lowest BCUT2D eigenvalue weighted by molar-refractivity contribution is 0.0596. The van der Waals surface area contributed by atoms with Crippen molar-refractivity contribution in [2.24, 2.45) is 7.05 Å². The molecular formula is C14H14BrN3O5S. The average Bonchev–Trinajstić information content (AvgIpc) is 2.97. The highest BCUT2D eigenvalue weighted by molar-refractivity contribution is 9.10. The lowest BCUT2D eigenvalue weighted by atomic mass is 10.2. The lowest BCUT2D eigenvalue weighted by Gasteiger charge is -2.12. The first kappa shape index (κ1) is 18.2. The number of esters is 1. The van der Waals surface area contributed by atoms with E-state index in [9.17, 15) is 18.0 Å². The van der Waals surface area contributed by atoms with Crippen LogP contribution in [0.25, 0.3) is 0 Å². The van der Waals surface area contributed by atoms with Gasteiger partial charge in [-0.15, -0.1) is 4.83 Å². The van der Waals surface area contributed by atoms with Crippen molar-refractivity contribution in [3.05, 3.63) is 52.3 Å². The van der Waals surface area contributed by atoms with Crippen molar-refractivity contribution in [2.45, 2.75) is 4.90 Å². The van der Waals surface area contributed by atoms with E-state index in [-0.39, 0.29) is 16.2 Å². The summed E-state index contributed by atoms with van der Waals surface area (Å²) in [5.74, 6) is -1.45. The van der Waals surface area contributed by atoms with Crippen LogP contribution in [0.15, 0.2) is 45.9 Å². The molecule has 0 saturated carbocycles. The summed E-state index contributed by atoms with van der Waals surface area (Å²) in [5, 5.41) is 0. The van der Waals surface area contributed by atoms with E-state index in [1.807, 2.05) is 4.83 Å². The van der Waals surface area contributed by atoms with Crippen LogP contribution >= 0.6 is 15.9 Å². The van der Waals surface area contributed by atoms with Crippen LogP contribution in [-0.2, 0) is 21.8 Å². The molecule has 0 atom stereocenters. The molecule has 1 aromatic carbocycles. The minimum Gasteiger partial charge on any atom is -0.465 e. The Hall–Kier alpha value is -2.17. The fraction of sp³-hybridized carbons (Fsp3) is 0.143. The van der Waals surface area contributed by atoms with Gasteiger partial charge in [-0.25, -0.2) is 13.2 Å². The van der Waals surface area contributed by atoms with Crippen molar-refractivity contribution in [3.63, 3.8) is 0 Å². The molecule has 24 heavy (non-hydrogen) atoms. The van der Waals surface area contributed by atoms with Gasteiger partial charge in [0.15, 0.2) is 0 Å². The number of hydrogen-bond acceptors (Lipinski definition) is 5. The fourth-order valence-electron chi connectivity index (χ4n) is 1.94. The molecule has 2 N–H and O–H groups in total. The first-order valence-corrected chi connectivity index (χ1v) is 8.85. The molecule has 0 bridgehead atoms. The van der Waals surface area contributed by atoms with E-state index in [0.717, 1.165) is 7.11 Å². The zero-order valence-electron chi connectivity index (χ0n) is 12.7. The number of aryl methyl sites for hydroxylation is 1. The number of sulfonamides is 1. The van der Waals surface area contributed by atoms with Crippen LogP contribution < -0.4 is 10.3 Å². The maximum atomic E-state index is 12.4. The summed E-state index contributed by atoms with van der Waals surface area (Å²) in [4.78, 5) is 25.4. The predicted molar refractivity (Wildman–Crippen MR) is 88.7 cm³/mol. The first-order chi connectivity index (χ1) is 11.3. The molecule has 128 valence electrons. The third-order valence-corrected chi connectivity index (χ3v) is 4.91. The fourth-order valence-corrected chi connectivity index (χ4v) is 3.31. The highest BCUT2D eigenvalue weighted by Crippen LogP contribution is 2.21. The number of nitrogens with one attached hydrogen (secondary N) is 2. The maximum absolute atomic E-state index is 12.4. The molecule has 2 aromatic rings. The van der Waals surface area contributed by atoms with E-state index in [1.165, 1.54) is 28.8 Å². The number of ether oxygens (including phenoxy) is 1. The Bertz CT molecular complexity index is 892. The van der Waals surface area contributed by atoms with Crippen molar-refractivity contribution in [2.75, 3.05) is 7.11 Å². The monoisotopic (exact) mass is 415 g/mol. The summed E-state index contributed by atoms with van der Waals surface area (Å²) in [6, 6.07) is 7.18. The van der Waals surface area contributed by atoms with Gasteiger partial charge >= 0.3 is 5.97 Å². The minimum absolute atomic E-state index is 0.160. The summed E-state index contributed by atoms with van der Waals surface area (Å²) in [7, 11) is -1.39. The second-order valence-corrected chi connectivity index (χ2v) is 7.26. The Balaban J connectivity index is 2.26. The molecule has 0 fully saturated rings. The lowest BCUT2D eigenvalue weighted by Crippen LogP contribution is -2.42. The zero-order chi connectivity index (χ0) is 17.9. The van der Waals surface area contributed by atoms with Gasteiger partial charge in [0.1, 0.15) is 5.69 Å². The van der Waals surface area contributed by atoms with Gasteiger partial charge in [0.25, 0.3) is 15.9 Å². The number of carbonyl (C=O) groups is 2. The van der Waals surface area contributed by atoms with E-state index in [2.05, 4.69) is 26.1 Å². The topological polar surface area (TPSA) is 106 Å². The summed E-state index contributed by atoms with van der Waals surface area (Å²) in [6.45, 7) is 0. The minimum atomic E-state index is -4.17. The molecule has 0 saturated heterocycles. The number of amides is 1. The smallest absolute Gasteiger partial charge is 0.339 e. The number of hydrazine groups is 1. The number of hydrogen-bond donors (Lipinski definition) is 2. The summed E-state index contributed by atoms with van der Waals surface area (Å²) in [5.41, 5.74) is 2.21. The molecule has 2 rings (SSSR count). The van der Waals surface area contributed by atoms with Crippen molar-refractivity contribution < 1.29 is 22.7 Å². The van der Waals surface area contributed by atoms with E-state index in [0.29, 0.717) is 4.47 Å². The van der Waals surface area contributed by atoms with E-state index < -0.39 is 21.9 Å². The predicted octanol–water partition coefficient (Wildman–Crippen LogP) is 1.20. The average molecular weight is 416 g/mol. The third-order valence-electron chi connectivity index (χ3n) is 3.11. The van der Waals surface area contributed by atoms with Gasteiger partial charge in [-0.3, -0.25) is 10.2 Å². The standard InChI is InChI=1S/C14H14BrN3O5S/c1-18-7-3-4-11(18)13(19)16-17-24(21,22)12-6-5-9(15)8-10(12)14(20)23-2/h3-8,17H,1-2H3,(H,16,19). The largest absolute Gasteiger partial charge is 0.465 e. The normalized spacial score (nSPS) is 11.1. The van der Waals surface area contributed by atoms with Crippen LogP contribution in [0, 0.1) is 0 Å².